The predicted molar refractivity (Wildman–Crippen MR) is 60.4 cm³/mol. The molecule has 0 spiro atoms. The van der Waals surface area contributed by atoms with E-state index in [9.17, 15) is 0 Å². The van der Waals surface area contributed by atoms with Crippen LogP contribution in [-0.4, -0.2) is 38.3 Å². The fraction of sp³-hybridized carbons (Fsp3) is 0. The fourth-order valence-corrected chi connectivity index (χ4v) is 0. The molecule has 114 valence electrons. The second kappa shape index (κ2) is 54.9. The summed E-state index contributed by atoms with van der Waals surface area (Å²) in [7, 11) is 29.3. The summed E-state index contributed by atoms with van der Waals surface area (Å²) in [6.07, 6.45) is 0. The first-order chi connectivity index (χ1) is 3.46. The van der Waals surface area contributed by atoms with E-state index >= 15 is 0 Å². The number of hydrogen-bond donors (Lipinski definition) is 0. The molecule has 0 aliphatic carbocycles. The van der Waals surface area contributed by atoms with E-state index in [1.807, 2.05) is 0 Å². The quantitative estimate of drug-likeness (QED) is 0.379. The Morgan fingerprint density at radius 1 is 0.333 bits per heavy atom. The molecule has 14 N–H and O–H groups in total. The van der Waals surface area contributed by atoms with Crippen LogP contribution in [-0.2, 0) is 22.3 Å². The third-order valence-corrected chi connectivity index (χ3v) is 0. The molecule has 0 bridgehead atoms. The van der Waals surface area contributed by atoms with Gasteiger partial charge in [0.2, 0.25) is 0 Å². The number of rotatable bonds is 0. The van der Waals surface area contributed by atoms with Crippen LogP contribution in [0.1, 0.15) is 0 Å². The molecule has 0 radical (unpaired) electrons. The molecule has 0 aromatic carbocycles. The zero-order valence-electron chi connectivity index (χ0n) is 6.47. The molecule has 0 aromatic heterocycles. The van der Waals surface area contributed by atoms with Crippen molar-refractivity contribution in [2.45, 2.75) is 0 Å². The average Bonchev–Trinajstić information content (AvgIpc) is 1.25. The van der Waals surface area contributed by atoms with Crippen molar-refractivity contribution < 1.29 is 60.7 Å². The third-order valence-electron chi connectivity index (χ3n) is 0. The molecule has 15 heteroatoms. The molecule has 0 amide bonds. The van der Waals surface area contributed by atoms with Crippen molar-refractivity contribution in [2.24, 2.45) is 0 Å². The van der Waals surface area contributed by atoms with Crippen molar-refractivity contribution in [3.05, 3.63) is 0 Å². The van der Waals surface area contributed by atoms with Crippen LogP contribution in [0.4, 0.5) is 0 Å². The van der Waals surface area contributed by atoms with Gasteiger partial charge in [-0.3, -0.25) is 0 Å². The summed E-state index contributed by atoms with van der Waals surface area (Å²) in [6.45, 7) is 0. The van der Waals surface area contributed by atoms with Crippen molar-refractivity contribution in [2.75, 3.05) is 0 Å². The van der Waals surface area contributed by atoms with Gasteiger partial charge in [-0.15, -0.1) is 0 Å². The van der Waals surface area contributed by atoms with Gasteiger partial charge < -0.3 is 38.3 Å². The Labute approximate surface area is 120 Å². The standard InChI is InChI=1S/6ClH.2Fe.7H2O/h6*1H;;;7*1H2/q;;;;;;2*+3;;;;;;;/p-6. The summed E-state index contributed by atoms with van der Waals surface area (Å²) in [6, 6.07) is 0. The van der Waals surface area contributed by atoms with Gasteiger partial charge in [0.15, 0.2) is 0 Å². The SMILES string of the molecule is O.O.O.O.O.O.O.[Cl][Fe]([Cl])[Cl].[Cl][Fe]([Cl])[Cl]. The molecular formula is H14Cl6Fe2O7. The van der Waals surface area contributed by atoms with Gasteiger partial charge >= 0.3 is 82.9 Å². The normalized spacial score (nSPS) is 6.00. The Morgan fingerprint density at radius 2 is 0.333 bits per heavy atom. The minimum atomic E-state index is -1.33. The first-order valence-corrected chi connectivity index (χ1v) is 9.92. The molecule has 0 rings (SSSR count). The first-order valence-electron chi connectivity index (χ1n) is 0.802. The Bertz CT molecular complexity index is 37.0. The molecule has 0 aliphatic rings. The maximum atomic E-state index is 4.89. The molecular weight excluding hydrogens is 436 g/mol. The molecule has 0 atom stereocenters. The first kappa shape index (κ1) is 65.9. The molecule has 0 aliphatic heterocycles. The zero-order valence-corrected chi connectivity index (χ0v) is 13.2. The summed E-state index contributed by atoms with van der Waals surface area (Å²) in [5.74, 6) is 0. The topological polar surface area (TPSA) is 220 Å². The summed E-state index contributed by atoms with van der Waals surface area (Å²) in [5, 5.41) is 0. The van der Waals surface area contributed by atoms with Crippen molar-refractivity contribution in [1.82, 2.24) is 0 Å². The molecule has 15 heavy (non-hydrogen) atoms. The summed E-state index contributed by atoms with van der Waals surface area (Å²) in [4.78, 5) is 0. The van der Waals surface area contributed by atoms with Crippen LogP contribution in [0.2, 0.25) is 0 Å². The second-order valence-corrected chi connectivity index (χ2v) is 11.2. The van der Waals surface area contributed by atoms with Crippen LogP contribution in [0.15, 0.2) is 0 Å². The molecule has 0 saturated heterocycles. The van der Waals surface area contributed by atoms with Gasteiger partial charge in [0.05, 0.1) is 0 Å². The van der Waals surface area contributed by atoms with Crippen LogP contribution < -0.4 is 0 Å². The van der Waals surface area contributed by atoms with Crippen LogP contribution in [0.3, 0.4) is 0 Å². The number of halogens is 6. The summed E-state index contributed by atoms with van der Waals surface area (Å²) in [5.41, 5.74) is 0. The Kier molecular flexibility index (Phi) is 241. The van der Waals surface area contributed by atoms with Crippen LogP contribution in [0.5, 0.6) is 0 Å². The summed E-state index contributed by atoms with van der Waals surface area (Å²) < 4.78 is 0. The van der Waals surface area contributed by atoms with Gasteiger partial charge in [-0.2, -0.15) is 0 Å². The van der Waals surface area contributed by atoms with Crippen molar-refractivity contribution in [3.63, 3.8) is 0 Å². The van der Waals surface area contributed by atoms with Crippen LogP contribution in [0.25, 0.3) is 0 Å². The Hall–Kier alpha value is 2.50. The molecule has 7 nitrogen and oxygen atoms in total. The fourth-order valence-electron chi connectivity index (χ4n) is 0. The molecule has 0 saturated carbocycles. The van der Waals surface area contributed by atoms with E-state index in [1.165, 1.54) is 0 Å². The van der Waals surface area contributed by atoms with Gasteiger partial charge in [0.1, 0.15) is 0 Å². The van der Waals surface area contributed by atoms with Gasteiger partial charge in [0, 0.05) is 0 Å². The van der Waals surface area contributed by atoms with E-state index in [-0.39, 0.29) is 38.3 Å². The average molecular weight is 451 g/mol. The van der Waals surface area contributed by atoms with E-state index in [2.05, 4.69) is 0 Å². The van der Waals surface area contributed by atoms with Crippen LogP contribution in [0, 0.1) is 0 Å². The molecule has 0 unspecified atom stereocenters. The number of hydrogen-bond acceptors (Lipinski definition) is 0. The van der Waals surface area contributed by atoms with E-state index in [4.69, 9.17) is 60.6 Å². The second-order valence-electron chi connectivity index (χ2n) is 0.303. The van der Waals surface area contributed by atoms with E-state index < -0.39 is 22.3 Å². The van der Waals surface area contributed by atoms with Crippen LogP contribution >= 0.6 is 60.6 Å². The van der Waals surface area contributed by atoms with Gasteiger partial charge in [-0.1, -0.05) is 0 Å². The van der Waals surface area contributed by atoms with E-state index in [1.54, 1.807) is 0 Å². The zero-order chi connectivity index (χ0) is 7.15. The maximum absolute atomic E-state index is 4.89. The van der Waals surface area contributed by atoms with Gasteiger partial charge in [-0.05, 0) is 0 Å². The molecule has 0 aromatic rings. The predicted octanol–water partition coefficient (Wildman–Crippen LogP) is -1.64. The minimum absolute atomic E-state index is 0. The molecule has 0 heterocycles. The monoisotopic (exact) mass is 448 g/mol. The van der Waals surface area contributed by atoms with Crippen molar-refractivity contribution in [3.8, 4) is 0 Å². The van der Waals surface area contributed by atoms with E-state index in [0.717, 1.165) is 0 Å². The Balaban J connectivity index is -0.00000000468. The van der Waals surface area contributed by atoms with E-state index in [0.29, 0.717) is 0 Å². The summed E-state index contributed by atoms with van der Waals surface area (Å²) >= 11 is -2.67. The van der Waals surface area contributed by atoms with Crippen molar-refractivity contribution >= 4 is 60.6 Å². The van der Waals surface area contributed by atoms with Gasteiger partial charge in [-0.25, -0.2) is 0 Å². The Morgan fingerprint density at radius 3 is 0.333 bits per heavy atom. The molecule has 0 fully saturated rings. The third kappa shape index (κ3) is 555. The van der Waals surface area contributed by atoms with Crippen molar-refractivity contribution in [1.29, 1.82) is 0 Å². The van der Waals surface area contributed by atoms with Gasteiger partial charge in [0.25, 0.3) is 0 Å².